The molecule has 0 fully saturated rings. The van der Waals surface area contributed by atoms with Crippen LogP contribution in [0.3, 0.4) is 0 Å². The van der Waals surface area contributed by atoms with E-state index >= 15 is 0 Å². The van der Waals surface area contributed by atoms with Crippen LogP contribution < -0.4 is 10.1 Å². The normalized spacial score (nSPS) is 12.1. The fourth-order valence-electron chi connectivity index (χ4n) is 2.98. The van der Waals surface area contributed by atoms with Crippen molar-refractivity contribution in [1.82, 2.24) is 14.8 Å². The first-order valence-corrected chi connectivity index (χ1v) is 11.3. The van der Waals surface area contributed by atoms with Crippen LogP contribution >= 0.6 is 11.3 Å². The lowest BCUT2D eigenvalue weighted by molar-refractivity contribution is -0.115. The second-order valence-corrected chi connectivity index (χ2v) is 10.7. The minimum atomic E-state index is -0.243. The highest BCUT2D eigenvalue weighted by atomic mass is 32.1. The highest BCUT2D eigenvalue weighted by Crippen LogP contribution is 2.28. The lowest BCUT2D eigenvalue weighted by Crippen LogP contribution is -2.27. The molecule has 0 aliphatic carbocycles. The molecule has 0 atom stereocenters. The average Bonchev–Trinajstić information content (AvgIpc) is 3.27. The Morgan fingerprint density at radius 2 is 1.81 bits per heavy atom. The van der Waals surface area contributed by atoms with Crippen LogP contribution in [0.4, 0.5) is 5.82 Å². The van der Waals surface area contributed by atoms with Crippen LogP contribution in [0.5, 0.6) is 5.75 Å². The Morgan fingerprint density at radius 1 is 1.13 bits per heavy atom. The summed E-state index contributed by atoms with van der Waals surface area (Å²) in [4.78, 5) is 17.3. The molecule has 0 aliphatic heterocycles. The van der Waals surface area contributed by atoms with Gasteiger partial charge in [0.2, 0.25) is 5.91 Å². The van der Waals surface area contributed by atoms with E-state index in [0.29, 0.717) is 12.4 Å². The van der Waals surface area contributed by atoms with Crippen molar-refractivity contribution in [3.05, 3.63) is 57.7 Å². The van der Waals surface area contributed by atoms with Gasteiger partial charge in [0, 0.05) is 16.9 Å². The lowest BCUT2D eigenvalue weighted by atomic mass is 9.92. The van der Waals surface area contributed by atoms with Crippen molar-refractivity contribution in [3.8, 4) is 5.75 Å². The molecule has 3 aromatic rings. The minimum Gasteiger partial charge on any atom is -0.486 e. The lowest BCUT2D eigenvalue weighted by Gasteiger charge is -2.23. The molecule has 0 aliphatic rings. The van der Waals surface area contributed by atoms with Gasteiger partial charge in [-0.3, -0.25) is 4.79 Å². The summed E-state index contributed by atoms with van der Waals surface area (Å²) in [6.07, 6.45) is 0.210. The van der Waals surface area contributed by atoms with Gasteiger partial charge in [-0.1, -0.05) is 38.5 Å². The number of aromatic nitrogens is 3. The molecule has 0 radical (unpaired) electrons. The largest absolute Gasteiger partial charge is 0.486 e. The molecule has 2 heterocycles. The standard InChI is InChI=1S/C24H32N4O2S/c1-16-8-10-18(11-9-16)30-14-22-25-17(15-31-22)12-21(29)26-20-13-19(23(2,3)4)27-28(20)24(5,6)7/h8-11,13,15H,12,14H2,1-7H3,(H,26,29). The van der Waals surface area contributed by atoms with Crippen molar-refractivity contribution in [1.29, 1.82) is 0 Å². The molecule has 1 amide bonds. The molecule has 0 unspecified atom stereocenters. The summed E-state index contributed by atoms with van der Waals surface area (Å²) < 4.78 is 7.67. The first-order chi connectivity index (χ1) is 14.4. The van der Waals surface area contributed by atoms with Crippen LogP contribution in [-0.4, -0.2) is 20.7 Å². The van der Waals surface area contributed by atoms with Crippen molar-refractivity contribution in [2.24, 2.45) is 0 Å². The molecule has 0 saturated heterocycles. The summed E-state index contributed by atoms with van der Waals surface area (Å²) in [7, 11) is 0. The first-order valence-electron chi connectivity index (χ1n) is 10.5. The maximum atomic E-state index is 12.7. The smallest absolute Gasteiger partial charge is 0.231 e. The third-order valence-electron chi connectivity index (χ3n) is 4.70. The van der Waals surface area contributed by atoms with E-state index in [4.69, 9.17) is 9.84 Å². The third-order valence-corrected chi connectivity index (χ3v) is 5.58. The molecular weight excluding hydrogens is 408 g/mol. The number of rotatable bonds is 6. The molecule has 6 nitrogen and oxygen atoms in total. The summed E-state index contributed by atoms with van der Waals surface area (Å²) in [5, 5.41) is 10.5. The zero-order valence-electron chi connectivity index (χ0n) is 19.4. The van der Waals surface area contributed by atoms with Gasteiger partial charge >= 0.3 is 0 Å². The number of hydrogen-bond donors (Lipinski definition) is 1. The van der Waals surface area contributed by atoms with Crippen molar-refractivity contribution >= 4 is 23.1 Å². The number of aryl methyl sites for hydroxylation is 1. The number of hydrogen-bond acceptors (Lipinski definition) is 5. The summed E-state index contributed by atoms with van der Waals surface area (Å²) in [5.41, 5.74) is 2.53. The zero-order valence-corrected chi connectivity index (χ0v) is 20.3. The van der Waals surface area contributed by atoms with Crippen molar-refractivity contribution in [3.63, 3.8) is 0 Å². The van der Waals surface area contributed by atoms with E-state index < -0.39 is 0 Å². The van der Waals surface area contributed by atoms with Crippen LogP contribution in [0, 0.1) is 6.92 Å². The van der Waals surface area contributed by atoms with Crippen LogP contribution in [0.25, 0.3) is 0 Å². The minimum absolute atomic E-state index is 0.1000. The van der Waals surface area contributed by atoms with Crippen molar-refractivity contribution in [2.75, 3.05) is 5.32 Å². The fourth-order valence-corrected chi connectivity index (χ4v) is 3.68. The number of anilines is 1. The van der Waals surface area contributed by atoms with Gasteiger partial charge in [-0.25, -0.2) is 9.67 Å². The van der Waals surface area contributed by atoms with Crippen LogP contribution in [-0.2, 0) is 28.8 Å². The Morgan fingerprint density at radius 3 is 2.42 bits per heavy atom. The third kappa shape index (κ3) is 6.17. The number of ether oxygens (including phenoxy) is 1. The molecule has 166 valence electrons. The number of nitrogens with zero attached hydrogens (tertiary/aromatic N) is 3. The zero-order chi connectivity index (χ0) is 22.8. The van der Waals surface area contributed by atoms with Gasteiger partial charge in [0.05, 0.1) is 23.3 Å². The molecule has 31 heavy (non-hydrogen) atoms. The summed E-state index contributed by atoms with van der Waals surface area (Å²) in [6, 6.07) is 9.88. The Balaban J connectivity index is 1.64. The average molecular weight is 441 g/mol. The maximum Gasteiger partial charge on any atom is 0.231 e. The monoisotopic (exact) mass is 440 g/mol. The highest BCUT2D eigenvalue weighted by molar-refractivity contribution is 7.09. The molecule has 1 aromatic carbocycles. The van der Waals surface area contributed by atoms with Crippen molar-refractivity contribution in [2.45, 2.75) is 72.4 Å². The summed E-state index contributed by atoms with van der Waals surface area (Å²) >= 11 is 1.50. The van der Waals surface area contributed by atoms with Gasteiger partial charge in [0.25, 0.3) is 0 Å². The van der Waals surface area contributed by atoms with E-state index in [1.807, 2.05) is 47.3 Å². The highest BCUT2D eigenvalue weighted by Gasteiger charge is 2.25. The molecule has 7 heteroatoms. The first kappa shape index (κ1) is 23.0. The molecular formula is C24H32N4O2S. The maximum absolute atomic E-state index is 12.7. The van der Waals surface area contributed by atoms with Gasteiger partial charge in [-0.2, -0.15) is 5.10 Å². The molecule has 3 rings (SSSR count). The Hall–Kier alpha value is -2.67. The quantitative estimate of drug-likeness (QED) is 0.552. The van der Waals surface area contributed by atoms with E-state index in [0.717, 1.165) is 22.1 Å². The van der Waals surface area contributed by atoms with Gasteiger partial charge in [-0.05, 0) is 39.8 Å². The SMILES string of the molecule is Cc1ccc(OCc2nc(CC(=O)Nc3cc(C(C)(C)C)nn3C(C)(C)C)cs2)cc1. The van der Waals surface area contributed by atoms with Crippen LogP contribution in [0.1, 0.15) is 63.5 Å². The van der Waals surface area contributed by atoms with Gasteiger partial charge in [0.15, 0.2) is 0 Å². The van der Waals surface area contributed by atoms with E-state index in [1.54, 1.807) is 0 Å². The summed E-state index contributed by atoms with van der Waals surface area (Å²) in [5.74, 6) is 1.41. The topological polar surface area (TPSA) is 69.0 Å². The molecule has 0 bridgehead atoms. The van der Waals surface area contributed by atoms with E-state index in [1.165, 1.54) is 16.9 Å². The van der Waals surface area contributed by atoms with Crippen molar-refractivity contribution < 1.29 is 9.53 Å². The molecule has 0 spiro atoms. The number of carbonyl (C=O) groups excluding carboxylic acids is 1. The second-order valence-electron chi connectivity index (χ2n) is 9.81. The Bertz CT molecular complexity index is 1040. The van der Waals surface area contributed by atoms with Gasteiger partial charge < -0.3 is 10.1 Å². The number of thiazole rings is 1. The number of nitrogens with one attached hydrogen (secondary N) is 1. The number of carbonyl (C=O) groups is 1. The van der Waals surface area contributed by atoms with Crippen LogP contribution in [0.2, 0.25) is 0 Å². The number of amides is 1. The molecule has 2 aromatic heterocycles. The predicted octanol–water partition coefficient (Wildman–Crippen LogP) is 5.46. The molecule has 1 N–H and O–H groups in total. The van der Waals surface area contributed by atoms with E-state index in [9.17, 15) is 4.79 Å². The second kappa shape index (κ2) is 8.83. The summed E-state index contributed by atoms with van der Waals surface area (Å²) in [6.45, 7) is 15.0. The van der Waals surface area contributed by atoms with E-state index in [-0.39, 0.29) is 23.3 Å². The number of benzene rings is 1. The fraction of sp³-hybridized carbons (Fsp3) is 0.458. The predicted molar refractivity (Wildman–Crippen MR) is 126 cm³/mol. The Kier molecular flexibility index (Phi) is 6.55. The Labute approximate surface area is 188 Å². The van der Waals surface area contributed by atoms with E-state index in [2.05, 4.69) is 51.8 Å². The molecule has 0 saturated carbocycles. The van der Waals surface area contributed by atoms with Gasteiger partial charge in [0.1, 0.15) is 23.2 Å². The van der Waals surface area contributed by atoms with Crippen LogP contribution in [0.15, 0.2) is 35.7 Å². The van der Waals surface area contributed by atoms with Gasteiger partial charge in [-0.15, -0.1) is 11.3 Å².